The first kappa shape index (κ1) is 18.4. The zero-order valence-corrected chi connectivity index (χ0v) is 14.7. The number of aromatic nitrogens is 1. The summed E-state index contributed by atoms with van der Waals surface area (Å²) in [6, 6.07) is 8.92. The van der Waals surface area contributed by atoms with Crippen LogP contribution < -0.4 is 10.6 Å². The first-order valence-electron chi connectivity index (χ1n) is 6.64. The van der Waals surface area contributed by atoms with Crippen LogP contribution in [-0.2, 0) is 4.79 Å². The van der Waals surface area contributed by atoms with Gasteiger partial charge < -0.3 is 10.6 Å². The number of rotatable bonds is 5. The monoisotopic (exact) mass is 421 g/mol. The summed E-state index contributed by atoms with van der Waals surface area (Å²) in [5.74, 6) is -0.297. The Balaban J connectivity index is 2.13. The lowest BCUT2D eigenvalue weighted by atomic mass is 10.2. The van der Waals surface area contributed by atoms with Crippen molar-refractivity contribution in [2.45, 2.75) is 0 Å². The highest BCUT2D eigenvalue weighted by molar-refractivity contribution is 9.10. The van der Waals surface area contributed by atoms with Crippen LogP contribution in [0.1, 0.15) is 0 Å². The third-order valence-electron chi connectivity index (χ3n) is 2.86. The fourth-order valence-corrected chi connectivity index (χ4v) is 2.11. The largest absolute Gasteiger partial charge is 0.345 e. The summed E-state index contributed by atoms with van der Waals surface area (Å²) in [5, 5.41) is 25.0. The van der Waals surface area contributed by atoms with Gasteiger partial charge in [0.05, 0.1) is 4.92 Å². The van der Waals surface area contributed by atoms with Crippen LogP contribution in [-0.4, -0.2) is 15.8 Å². The Labute approximate surface area is 155 Å². The minimum absolute atomic E-state index is 0.0537. The summed E-state index contributed by atoms with van der Waals surface area (Å²) in [5.41, 5.74) is -0.439. The molecule has 10 heteroatoms. The Hall–Kier alpha value is -2.96. The Bertz CT molecular complexity index is 893. The van der Waals surface area contributed by atoms with Crippen LogP contribution in [0.2, 0.25) is 5.02 Å². The second-order valence-corrected chi connectivity index (χ2v) is 5.88. The summed E-state index contributed by atoms with van der Waals surface area (Å²) in [6.45, 7) is 0. The molecule has 0 radical (unpaired) electrons. The summed E-state index contributed by atoms with van der Waals surface area (Å²) in [6.07, 6.45) is 2.74. The molecule has 0 bridgehead atoms. The molecule has 126 valence electrons. The minimum Gasteiger partial charge on any atom is -0.345 e. The fraction of sp³-hybridized carbons (Fsp3) is 0. The van der Waals surface area contributed by atoms with Gasteiger partial charge >= 0.3 is 0 Å². The van der Waals surface area contributed by atoms with Gasteiger partial charge in [-0.2, -0.15) is 5.26 Å². The zero-order valence-electron chi connectivity index (χ0n) is 12.4. The molecule has 1 aromatic heterocycles. The number of nitrogens with zero attached hydrogens (tertiary/aromatic N) is 3. The zero-order chi connectivity index (χ0) is 18.4. The molecular weight excluding hydrogens is 414 g/mol. The Morgan fingerprint density at radius 3 is 2.76 bits per heavy atom. The fourth-order valence-electron chi connectivity index (χ4n) is 1.68. The van der Waals surface area contributed by atoms with Gasteiger partial charge in [-0.1, -0.05) is 11.6 Å². The lowest BCUT2D eigenvalue weighted by molar-refractivity contribution is -0.384. The number of anilines is 2. The van der Waals surface area contributed by atoms with E-state index in [4.69, 9.17) is 16.9 Å². The molecule has 0 aliphatic carbocycles. The second-order valence-electron chi connectivity index (χ2n) is 4.55. The first-order chi connectivity index (χ1) is 11.9. The average Bonchev–Trinajstić information content (AvgIpc) is 2.58. The van der Waals surface area contributed by atoms with Crippen molar-refractivity contribution in [2.75, 3.05) is 10.6 Å². The number of carbonyl (C=O) groups is 1. The van der Waals surface area contributed by atoms with E-state index in [1.54, 1.807) is 24.4 Å². The van der Waals surface area contributed by atoms with E-state index in [0.29, 0.717) is 5.82 Å². The summed E-state index contributed by atoms with van der Waals surface area (Å²) in [4.78, 5) is 26.3. The molecule has 2 rings (SSSR count). The summed E-state index contributed by atoms with van der Waals surface area (Å²) >= 11 is 8.95. The van der Waals surface area contributed by atoms with E-state index in [1.165, 1.54) is 18.3 Å². The first-order valence-corrected chi connectivity index (χ1v) is 7.81. The van der Waals surface area contributed by atoms with E-state index >= 15 is 0 Å². The highest BCUT2D eigenvalue weighted by Crippen LogP contribution is 2.27. The summed E-state index contributed by atoms with van der Waals surface area (Å²) < 4.78 is 0.782. The SMILES string of the molecule is N#C/C(=C/Nc1ccc(Br)cn1)C(=O)Nc1ccc(Cl)c([N+](=O)[O-])c1. The average molecular weight is 423 g/mol. The number of halogens is 2. The van der Waals surface area contributed by atoms with Crippen LogP contribution in [0.15, 0.2) is 52.8 Å². The Morgan fingerprint density at radius 1 is 1.40 bits per heavy atom. The molecule has 1 aromatic carbocycles. The quantitative estimate of drug-likeness (QED) is 0.326. The van der Waals surface area contributed by atoms with Gasteiger partial charge in [0.2, 0.25) is 0 Å². The van der Waals surface area contributed by atoms with E-state index < -0.39 is 10.8 Å². The van der Waals surface area contributed by atoms with Gasteiger partial charge in [-0.15, -0.1) is 0 Å². The van der Waals surface area contributed by atoms with Crippen molar-refractivity contribution in [1.29, 1.82) is 5.26 Å². The van der Waals surface area contributed by atoms with Gasteiger partial charge in [0.25, 0.3) is 11.6 Å². The van der Waals surface area contributed by atoms with Crippen molar-refractivity contribution < 1.29 is 9.72 Å². The van der Waals surface area contributed by atoms with Gasteiger partial charge in [0, 0.05) is 28.6 Å². The van der Waals surface area contributed by atoms with E-state index in [1.807, 2.05) is 0 Å². The van der Waals surface area contributed by atoms with Gasteiger partial charge in [0.15, 0.2) is 0 Å². The number of carbonyl (C=O) groups excluding carboxylic acids is 1. The van der Waals surface area contributed by atoms with E-state index in [2.05, 4.69) is 31.5 Å². The van der Waals surface area contributed by atoms with Crippen LogP contribution in [0.3, 0.4) is 0 Å². The third-order valence-corrected chi connectivity index (χ3v) is 3.65. The highest BCUT2D eigenvalue weighted by Gasteiger charge is 2.15. The maximum atomic E-state index is 12.1. The van der Waals surface area contributed by atoms with E-state index in [9.17, 15) is 14.9 Å². The van der Waals surface area contributed by atoms with Crippen LogP contribution in [0, 0.1) is 21.4 Å². The number of nitriles is 1. The van der Waals surface area contributed by atoms with Crippen molar-refractivity contribution in [3.63, 3.8) is 0 Å². The minimum atomic E-state index is -0.733. The number of nitro benzene ring substituents is 1. The number of hydrogen-bond acceptors (Lipinski definition) is 6. The molecular formula is C15H9BrClN5O3. The molecule has 0 saturated carbocycles. The van der Waals surface area contributed by atoms with E-state index in [0.717, 1.165) is 10.5 Å². The number of nitro groups is 1. The molecule has 0 unspecified atom stereocenters. The predicted octanol–water partition coefficient (Wildman–Crippen LogP) is 3.86. The van der Waals surface area contributed by atoms with Crippen molar-refractivity contribution in [3.8, 4) is 6.07 Å². The summed E-state index contributed by atoms with van der Waals surface area (Å²) in [7, 11) is 0. The number of pyridine rings is 1. The standard InChI is InChI=1S/C15H9BrClN5O3/c16-10-1-4-14(20-8-10)19-7-9(6-18)15(23)21-11-2-3-12(17)13(5-11)22(24)25/h1-5,7-8H,(H,19,20)(H,21,23)/b9-7-. The molecule has 0 aliphatic heterocycles. The van der Waals surface area contributed by atoms with Crippen LogP contribution >= 0.6 is 27.5 Å². The molecule has 0 atom stereocenters. The lowest BCUT2D eigenvalue weighted by Gasteiger charge is -2.05. The molecule has 2 N–H and O–H groups in total. The van der Waals surface area contributed by atoms with Gasteiger partial charge in [-0.3, -0.25) is 14.9 Å². The van der Waals surface area contributed by atoms with E-state index in [-0.39, 0.29) is 22.0 Å². The lowest BCUT2D eigenvalue weighted by Crippen LogP contribution is -2.14. The highest BCUT2D eigenvalue weighted by atomic mass is 79.9. The van der Waals surface area contributed by atoms with Crippen molar-refractivity contribution in [1.82, 2.24) is 4.98 Å². The Morgan fingerprint density at radius 2 is 2.16 bits per heavy atom. The molecule has 0 aliphatic rings. The van der Waals surface area contributed by atoms with Crippen LogP contribution in [0.4, 0.5) is 17.2 Å². The molecule has 8 nitrogen and oxygen atoms in total. The molecule has 2 aromatic rings. The van der Waals surface area contributed by atoms with Gasteiger partial charge in [0.1, 0.15) is 22.5 Å². The van der Waals surface area contributed by atoms with Crippen LogP contribution in [0.25, 0.3) is 0 Å². The van der Waals surface area contributed by atoms with Crippen molar-refractivity contribution in [2.24, 2.45) is 0 Å². The molecule has 1 amide bonds. The maximum absolute atomic E-state index is 12.1. The van der Waals surface area contributed by atoms with Gasteiger partial charge in [-0.05, 0) is 40.2 Å². The number of nitrogens with one attached hydrogen (secondary N) is 2. The molecule has 1 heterocycles. The molecule has 0 saturated heterocycles. The molecule has 0 fully saturated rings. The number of hydrogen-bond donors (Lipinski definition) is 2. The Kier molecular flexibility index (Phi) is 6.05. The molecule has 0 spiro atoms. The number of amides is 1. The molecule has 25 heavy (non-hydrogen) atoms. The van der Waals surface area contributed by atoms with Crippen LogP contribution in [0.5, 0.6) is 0 Å². The topological polar surface area (TPSA) is 121 Å². The smallest absolute Gasteiger partial charge is 0.289 e. The normalized spacial score (nSPS) is 10.7. The van der Waals surface area contributed by atoms with Crippen molar-refractivity contribution >= 4 is 50.6 Å². The van der Waals surface area contributed by atoms with Crippen molar-refractivity contribution in [3.05, 3.63) is 67.9 Å². The number of benzene rings is 1. The third kappa shape index (κ3) is 5.00. The van der Waals surface area contributed by atoms with Gasteiger partial charge in [-0.25, -0.2) is 4.98 Å². The maximum Gasteiger partial charge on any atom is 0.289 e. The second kappa shape index (κ2) is 8.23. The predicted molar refractivity (Wildman–Crippen MR) is 96.0 cm³/mol.